The number of hydrogen-bond acceptors (Lipinski definition) is 1. The largest absolute Gasteiger partial charge is 0.322 e. The zero-order chi connectivity index (χ0) is 16.8. The van der Waals surface area contributed by atoms with Crippen molar-refractivity contribution in [3.8, 4) is 0 Å². The first-order valence-electron chi connectivity index (χ1n) is 7.78. The molecule has 0 bridgehead atoms. The fraction of sp³-hybridized carbons (Fsp3) is 0.250. The number of aryl methyl sites for hydroxylation is 1. The molecule has 2 nitrogen and oxygen atoms in total. The molecule has 1 N–H and O–H groups in total. The minimum absolute atomic E-state index is 0.115. The summed E-state index contributed by atoms with van der Waals surface area (Å²) in [6.45, 7) is 6.48. The molecule has 0 aliphatic carbocycles. The van der Waals surface area contributed by atoms with Gasteiger partial charge in [-0.3, -0.25) is 4.79 Å². The number of rotatable bonds is 5. The van der Waals surface area contributed by atoms with Crippen LogP contribution >= 0.6 is 22.6 Å². The Balaban J connectivity index is 1.96. The molecule has 0 aliphatic heterocycles. The lowest BCUT2D eigenvalue weighted by atomic mass is 10.0. The SMILES string of the molecule is Cc1ccc(NC(=O)C=Cc2ccc(CC(C)C)cc2)cc1I. The van der Waals surface area contributed by atoms with E-state index in [4.69, 9.17) is 0 Å². The zero-order valence-corrected chi connectivity index (χ0v) is 15.9. The molecule has 0 heterocycles. The van der Waals surface area contributed by atoms with Crippen LogP contribution in [-0.4, -0.2) is 5.91 Å². The third-order valence-electron chi connectivity index (χ3n) is 3.49. The number of halogens is 1. The van der Waals surface area contributed by atoms with Crippen LogP contribution in [0.4, 0.5) is 5.69 Å². The van der Waals surface area contributed by atoms with Crippen molar-refractivity contribution in [1.82, 2.24) is 0 Å². The molecular weight excluding hydrogens is 397 g/mol. The monoisotopic (exact) mass is 419 g/mol. The molecule has 0 aliphatic rings. The van der Waals surface area contributed by atoms with E-state index in [1.807, 2.05) is 24.3 Å². The average Bonchev–Trinajstić information content (AvgIpc) is 2.50. The first-order chi connectivity index (χ1) is 10.9. The van der Waals surface area contributed by atoms with Crippen LogP contribution in [0.3, 0.4) is 0 Å². The summed E-state index contributed by atoms with van der Waals surface area (Å²) in [5, 5.41) is 2.89. The molecule has 120 valence electrons. The highest BCUT2D eigenvalue weighted by atomic mass is 127. The predicted octanol–water partition coefficient (Wildman–Crippen LogP) is 5.45. The molecule has 2 aromatic rings. The van der Waals surface area contributed by atoms with Crippen LogP contribution in [0.2, 0.25) is 0 Å². The number of anilines is 1. The van der Waals surface area contributed by atoms with E-state index in [1.54, 1.807) is 6.08 Å². The molecule has 0 atom stereocenters. The van der Waals surface area contributed by atoms with Crippen molar-refractivity contribution in [3.05, 3.63) is 68.8 Å². The number of carbonyl (C=O) groups excluding carboxylic acids is 1. The van der Waals surface area contributed by atoms with Gasteiger partial charge in [-0.05, 0) is 76.8 Å². The van der Waals surface area contributed by atoms with Crippen molar-refractivity contribution in [2.45, 2.75) is 27.2 Å². The van der Waals surface area contributed by atoms with Crippen molar-refractivity contribution in [2.75, 3.05) is 5.32 Å². The average molecular weight is 419 g/mol. The zero-order valence-electron chi connectivity index (χ0n) is 13.8. The number of hydrogen-bond donors (Lipinski definition) is 1. The van der Waals surface area contributed by atoms with Crippen LogP contribution in [0.15, 0.2) is 48.5 Å². The second kappa shape index (κ2) is 8.29. The van der Waals surface area contributed by atoms with Gasteiger partial charge in [0.15, 0.2) is 0 Å². The van der Waals surface area contributed by atoms with Crippen molar-refractivity contribution < 1.29 is 4.79 Å². The predicted molar refractivity (Wildman–Crippen MR) is 107 cm³/mol. The molecule has 2 aromatic carbocycles. The van der Waals surface area contributed by atoms with Gasteiger partial charge in [-0.2, -0.15) is 0 Å². The van der Waals surface area contributed by atoms with Crippen LogP contribution in [0.5, 0.6) is 0 Å². The van der Waals surface area contributed by atoms with Crippen LogP contribution in [0, 0.1) is 16.4 Å². The van der Waals surface area contributed by atoms with E-state index in [0.717, 1.165) is 21.2 Å². The lowest BCUT2D eigenvalue weighted by Crippen LogP contribution is -2.07. The van der Waals surface area contributed by atoms with Crippen molar-refractivity contribution in [2.24, 2.45) is 5.92 Å². The van der Waals surface area contributed by atoms with Gasteiger partial charge in [-0.1, -0.05) is 44.2 Å². The maximum absolute atomic E-state index is 12.0. The molecule has 0 spiro atoms. The van der Waals surface area contributed by atoms with E-state index in [9.17, 15) is 4.79 Å². The summed E-state index contributed by atoms with van der Waals surface area (Å²) in [4.78, 5) is 12.0. The number of benzene rings is 2. The van der Waals surface area contributed by atoms with Gasteiger partial charge < -0.3 is 5.32 Å². The van der Waals surface area contributed by atoms with Crippen LogP contribution < -0.4 is 5.32 Å². The van der Waals surface area contributed by atoms with E-state index in [2.05, 4.69) is 72.9 Å². The van der Waals surface area contributed by atoms with Gasteiger partial charge >= 0.3 is 0 Å². The molecule has 0 fully saturated rings. The topological polar surface area (TPSA) is 29.1 Å². The van der Waals surface area contributed by atoms with Gasteiger partial charge in [0.25, 0.3) is 0 Å². The fourth-order valence-corrected chi connectivity index (χ4v) is 2.78. The van der Waals surface area contributed by atoms with Gasteiger partial charge in [0.1, 0.15) is 0 Å². The molecule has 0 unspecified atom stereocenters. The Bertz CT molecular complexity index is 702. The fourth-order valence-electron chi connectivity index (χ4n) is 2.26. The minimum atomic E-state index is -0.115. The highest BCUT2D eigenvalue weighted by molar-refractivity contribution is 14.1. The van der Waals surface area contributed by atoms with Gasteiger partial charge in [0, 0.05) is 15.3 Å². The van der Waals surface area contributed by atoms with E-state index >= 15 is 0 Å². The first kappa shape index (κ1) is 17.7. The van der Waals surface area contributed by atoms with Crippen LogP contribution in [0.1, 0.15) is 30.5 Å². The Morgan fingerprint density at radius 3 is 2.48 bits per heavy atom. The summed E-state index contributed by atoms with van der Waals surface area (Å²) in [5.74, 6) is 0.537. The quantitative estimate of drug-likeness (QED) is 0.507. The highest BCUT2D eigenvalue weighted by Crippen LogP contribution is 2.17. The van der Waals surface area contributed by atoms with Crippen molar-refractivity contribution >= 4 is 40.3 Å². The molecule has 3 heteroatoms. The van der Waals surface area contributed by atoms with Gasteiger partial charge in [0.2, 0.25) is 5.91 Å². The van der Waals surface area contributed by atoms with E-state index in [1.165, 1.54) is 11.1 Å². The van der Waals surface area contributed by atoms with E-state index in [-0.39, 0.29) is 5.91 Å². The Morgan fingerprint density at radius 2 is 1.87 bits per heavy atom. The van der Waals surface area contributed by atoms with Crippen LogP contribution in [-0.2, 0) is 11.2 Å². The molecule has 0 saturated heterocycles. The minimum Gasteiger partial charge on any atom is -0.322 e. The van der Waals surface area contributed by atoms with Gasteiger partial charge in [-0.15, -0.1) is 0 Å². The lowest BCUT2D eigenvalue weighted by molar-refractivity contribution is -0.111. The Hall–Kier alpha value is -1.62. The Morgan fingerprint density at radius 1 is 1.17 bits per heavy atom. The summed E-state index contributed by atoms with van der Waals surface area (Å²) in [6.07, 6.45) is 4.49. The Kier molecular flexibility index (Phi) is 6.39. The van der Waals surface area contributed by atoms with Crippen molar-refractivity contribution in [1.29, 1.82) is 0 Å². The molecule has 0 radical (unpaired) electrons. The maximum Gasteiger partial charge on any atom is 0.248 e. The summed E-state index contributed by atoms with van der Waals surface area (Å²) in [5.41, 5.74) is 4.39. The van der Waals surface area contributed by atoms with Gasteiger partial charge in [-0.25, -0.2) is 0 Å². The summed E-state index contributed by atoms with van der Waals surface area (Å²) in [6, 6.07) is 14.3. The number of nitrogens with one attached hydrogen (secondary N) is 1. The van der Waals surface area contributed by atoms with E-state index < -0.39 is 0 Å². The molecule has 1 amide bonds. The standard InChI is InChI=1S/C20H22INO/c1-14(2)12-17-7-5-16(6-8-17)9-11-20(23)22-18-10-4-15(3)19(21)13-18/h4-11,13-14H,12H2,1-3H3,(H,22,23). The molecule has 0 aromatic heterocycles. The summed E-state index contributed by atoms with van der Waals surface area (Å²) >= 11 is 2.27. The Labute approximate surface area is 152 Å². The van der Waals surface area contributed by atoms with Crippen molar-refractivity contribution in [3.63, 3.8) is 0 Å². The lowest BCUT2D eigenvalue weighted by Gasteiger charge is -2.05. The molecule has 23 heavy (non-hydrogen) atoms. The normalized spacial score (nSPS) is 11.2. The highest BCUT2D eigenvalue weighted by Gasteiger charge is 2.01. The van der Waals surface area contributed by atoms with Crippen LogP contribution in [0.25, 0.3) is 6.08 Å². The maximum atomic E-state index is 12.0. The number of amides is 1. The second-order valence-corrected chi connectivity index (χ2v) is 7.29. The molecule has 2 rings (SSSR count). The first-order valence-corrected chi connectivity index (χ1v) is 8.86. The third-order valence-corrected chi connectivity index (χ3v) is 4.65. The summed E-state index contributed by atoms with van der Waals surface area (Å²) < 4.78 is 1.14. The smallest absolute Gasteiger partial charge is 0.248 e. The second-order valence-electron chi connectivity index (χ2n) is 6.13. The van der Waals surface area contributed by atoms with E-state index in [0.29, 0.717) is 5.92 Å². The molecular formula is C20H22INO. The third kappa shape index (κ3) is 5.82. The molecule has 0 saturated carbocycles. The van der Waals surface area contributed by atoms with Gasteiger partial charge in [0.05, 0.1) is 0 Å². The number of carbonyl (C=O) groups is 1. The summed E-state index contributed by atoms with van der Waals surface area (Å²) in [7, 11) is 0.